The molecule has 1 aromatic heterocycles. The van der Waals surface area contributed by atoms with Gasteiger partial charge in [0.1, 0.15) is 0 Å². The van der Waals surface area contributed by atoms with Gasteiger partial charge in [-0.15, -0.1) is 0 Å². The molecule has 3 aliphatic heterocycles. The summed E-state index contributed by atoms with van der Waals surface area (Å²) in [6.07, 6.45) is 7.95. The van der Waals surface area contributed by atoms with Crippen molar-refractivity contribution in [2.75, 3.05) is 14.7 Å². The van der Waals surface area contributed by atoms with Crippen molar-refractivity contribution >= 4 is 102 Å². The van der Waals surface area contributed by atoms with Gasteiger partial charge in [0.05, 0.1) is 16.7 Å². The van der Waals surface area contributed by atoms with Crippen LogP contribution in [0.5, 0.6) is 0 Å². The van der Waals surface area contributed by atoms with Gasteiger partial charge in [-0.3, -0.25) is 0 Å². The third kappa shape index (κ3) is 6.20. The Labute approximate surface area is 419 Å². The quantitative estimate of drug-likeness (QED) is 0.155. The first-order chi connectivity index (χ1) is 35.7. The van der Waals surface area contributed by atoms with Gasteiger partial charge in [0, 0.05) is 74.0 Å². The Morgan fingerprint density at radius 2 is 0.861 bits per heavy atom. The number of hydrogen-bond donors (Lipinski definition) is 0. The molecule has 15 rings (SSSR count). The Morgan fingerprint density at radius 3 is 1.54 bits per heavy atom. The van der Waals surface area contributed by atoms with E-state index in [1.165, 1.54) is 111 Å². The average Bonchev–Trinajstić information content (AvgIpc) is 3.66. The monoisotopic (exact) mass is 916 g/mol. The van der Waals surface area contributed by atoms with Gasteiger partial charge in [-0.1, -0.05) is 158 Å². The van der Waals surface area contributed by atoms with Gasteiger partial charge in [-0.25, -0.2) is 0 Å². The predicted octanol–water partition coefficient (Wildman–Crippen LogP) is 15.4. The fourth-order valence-corrected chi connectivity index (χ4v) is 12.2. The number of allylic oxidation sites excluding steroid dienone is 5. The van der Waals surface area contributed by atoms with E-state index in [-0.39, 0.29) is 6.71 Å². The number of aromatic nitrogens is 1. The van der Waals surface area contributed by atoms with Crippen LogP contribution in [0.2, 0.25) is 0 Å². The highest BCUT2D eigenvalue weighted by molar-refractivity contribution is 7.00. The van der Waals surface area contributed by atoms with E-state index in [1.54, 1.807) is 0 Å². The van der Waals surface area contributed by atoms with Crippen molar-refractivity contribution < 1.29 is 0 Å². The lowest BCUT2D eigenvalue weighted by molar-refractivity contribution is 1.05. The first-order valence-electron chi connectivity index (χ1n) is 25.0. The molecule has 1 aliphatic carbocycles. The average molecular weight is 917 g/mol. The van der Waals surface area contributed by atoms with Gasteiger partial charge in [-0.2, -0.15) is 0 Å². The van der Waals surface area contributed by atoms with E-state index in [1.807, 2.05) is 0 Å². The van der Waals surface area contributed by atoms with Crippen molar-refractivity contribution in [3.63, 3.8) is 0 Å². The van der Waals surface area contributed by atoms with E-state index in [9.17, 15) is 0 Å². The fraction of sp³-hybridized carbons (Fsp3) is 0.0149. The van der Waals surface area contributed by atoms with Gasteiger partial charge >= 0.3 is 0 Å². The van der Waals surface area contributed by atoms with Crippen LogP contribution < -0.4 is 31.1 Å². The maximum absolute atomic E-state index is 2.51. The molecule has 4 aliphatic rings. The largest absolute Gasteiger partial charge is 0.313 e. The van der Waals surface area contributed by atoms with Crippen molar-refractivity contribution in [1.82, 2.24) is 4.57 Å². The van der Waals surface area contributed by atoms with Crippen LogP contribution in [0.4, 0.5) is 45.5 Å². The molecular formula is C67H45BN4. The number of para-hydroxylation sites is 6. The van der Waals surface area contributed by atoms with Crippen LogP contribution in [0.25, 0.3) is 49.8 Å². The van der Waals surface area contributed by atoms with E-state index in [0.717, 1.165) is 23.5 Å². The second-order valence-electron chi connectivity index (χ2n) is 19.3. The smallest absolute Gasteiger partial charge is 0.252 e. The highest BCUT2D eigenvalue weighted by atomic mass is 15.2. The number of anilines is 8. The molecule has 0 atom stereocenters. The van der Waals surface area contributed by atoms with Crippen LogP contribution in [0.1, 0.15) is 17.5 Å². The normalized spacial score (nSPS) is 14.2. The van der Waals surface area contributed by atoms with Gasteiger partial charge in [0.15, 0.2) is 0 Å². The highest BCUT2D eigenvalue weighted by Gasteiger charge is 2.43. The standard InChI is InChI=1S/C67H45BN4/c1-5-18-50(19-6-1)69-54-36-32-45(40-49(41-54)55-26-13-15-28-60(55)69)47-33-37-58-65(43-47)71(52-22-9-3-10-23-52)63-30-17-31-64-67(63)68(58)59-38-34-48(44-66(59)72(64)53-24-11-4-12-25-53)46-35-39-62-57(42-46)56-27-14-16-29-61(56)70(62)51-20-7-2-8-21-51/h1-40,42-44H,41H2. The molecule has 0 saturated carbocycles. The Kier molecular flexibility index (Phi) is 9.08. The summed E-state index contributed by atoms with van der Waals surface area (Å²) in [6, 6.07) is 89.3. The van der Waals surface area contributed by atoms with Crippen molar-refractivity contribution in [2.45, 2.75) is 6.42 Å². The fourth-order valence-electron chi connectivity index (χ4n) is 12.2. The Hall–Kier alpha value is -9.32. The molecule has 0 saturated heterocycles. The van der Waals surface area contributed by atoms with E-state index in [4.69, 9.17) is 0 Å². The summed E-state index contributed by atoms with van der Waals surface area (Å²) < 4.78 is 2.39. The zero-order valence-electron chi connectivity index (χ0n) is 39.4. The molecular weight excluding hydrogens is 872 g/mol. The summed E-state index contributed by atoms with van der Waals surface area (Å²) in [7, 11) is 0. The Bertz CT molecular complexity index is 4080. The van der Waals surface area contributed by atoms with Gasteiger partial charge in [-0.05, 0) is 147 Å². The van der Waals surface area contributed by atoms with Crippen LogP contribution in [0.3, 0.4) is 0 Å². The molecule has 0 N–H and O–H groups in total. The molecule has 0 spiro atoms. The van der Waals surface area contributed by atoms with Crippen molar-refractivity contribution in [3.8, 4) is 16.8 Å². The minimum atomic E-state index is -0.00958. The van der Waals surface area contributed by atoms with Crippen molar-refractivity contribution in [3.05, 3.63) is 278 Å². The molecule has 4 heterocycles. The minimum Gasteiger partial charge on any atom is -0.313 e. The van der Waals surface area contributed by atoms with Gasteiger partial charge in [0.25, 0.3) is 6.71 Å². The molecule has 336 valence electrons. The van der Waals surface area contributed by atoms with Crippen LogP contribution in [-0.2, 0) is 0 Å². The molecule has 0 radical (unpaired) electrons. The maximum Gasteiger partial charge on any atom is 0.252 e. The summed E-state index contributed by atoms with van der Waals surface area (Å²) >= 11 is 0. The molecule has 0 amide bonds. The van der Waals surface area contributed by atoms with Crippen LogP contribution >= 0.6 is 0 Å². The summed E-state index contributed by atoms with van der Waals surface area (Å²) in [4.78, 5) is 7.44. The van der Waals surface area contributed by atoms with E-state index in [2.05, 4.69) is 280 Å². The Balaban J connectivity index is 0.915. The molecule has 5 heteroatoms. The number of fused-ring (bicyclic) bond motifs is 11. The lowest BCUT2D eigenvalue weighted by Gasteiger charge is -2.44. The SMILES string of the molecule is C1=C(c2ccc3c(c2)N(c2ccccc2)c2cccc4c2B3c2ccc(-c3ccc5c(c3)c3ccccc3n5-c3ccccc3)cc2N4c2ccccc2)C=C2CC(=C1)N(c1ccccc1)c1ccccc12. The third-order valence-corrected chi connectivity index (χ3v) is 15.3. The second-order valence-corrected chi connectivity index (χ2v) is 19.3. The molecule has 0 unspecified atom stereocenters. The van der Waals surface area contributed by atoms with Crippen LogP contribution in [0, 0.1) is 0 Å². The maximum atomic E-state index is 2.51. The topological polar surface area (TPSA) is 14.7 Å². The van der Waals surface area contributed by atoms with Crippen molar-refractivity contribution in [2.24, 2.45) is 0 Å². The van der Waals surface area contributed by atoms with E-state index >= 15 is 0 Å². The lowest BCUT2D eigenvalue weighted by Crippen LogP contribution is -2.61. The number of nitrogens with zero attached hydrogens (tertiary/aromatic N) is 4. The molecule has 11 aromatic rings. The molecule has 4 nitrogen and oxygen atoms in total. The summed E-state index contributed by atoms with van der Waals surface area (Å²) in [6.45, 7) is -0.00958. The highest BCUT2D eigenvalue weighted by Crippen LogP contribution is 2.48. The van der Waals surface area contributed by atoms with E-state index in [0.29, 0.717) is 0 Å². The second kappa shape index (κ2) is 16.1. The van der Waals surface area contributed by atoms with Crippen LogP contribution in [0.15, 0.2) is 267 Å². The van der Waals surface area contributed by atoms with Crippen LogP contribution in [-0.4, -0.2) is 11.3 Å². The zero-order chi connectivity index (χ0) is 47.3. The Morgan fingerprint density at radius 1 is 0.347 bits per heavy atom. The third-order valence-electron chi connectivity index (χ3n) is 15.3. The van der Waals surface area contributed by atoms with Gasteiger partial charge in [0.2, 0.25) is 0 Å². The number of benzene rings is 10. The first kappa shape index (κ1) is 40.6. The molecule has 0 fully saturated rings. The summed E-state index contributed by atoms with van der Waals surface area (Å²) in [5.41, 5.74) is 25.6. The summed E-state index contributed by atoms with van der Waals surface area (Å²) in [5, 5.41) is 2.49. The lowest BCUT2D eigenvalue weighted by atomic mass is 9.33. The molecule has 72 heavy (non-hydrogen) atoms. The molecule has 2 bridgehead atoms. The van der Waals surface area contributed by atoms with E-state index < -0.39 is 0 Å². The molecule has 10 aromatic carbocycles. The number of hydrogen-bond acceptors (Lipinski definition) is 3. The number of rotatable bonds is 6. The first-order valence-corrected chi connectivity index (χ1v) is 25.0. The minimum absolute atomic E-state index is 0.00958. The summed E-state index contributed by atoms with van der Waals surface area (Å²) in [5.74, 6) is 0. The van der Waals surface area contributed by atoms with Gasteiger partial charge < -0.3 is 19.3 Å². The zero-order valence-corrected chi connectivity index (χ0v) is 39.4. The predicted molar refractivity (Wildman–Crippen MR) is 304 cm³/mol. The van der Waals surface area contributed by atoms with Crippen molar-refractivity contribution in [1.29, 1.82) is 0 Å².